The van der Waals surface area contributed by atoms with E-state index in [0.29, 0.717) is 34.8 Å². The number of carbonyl (C=O) groups is 2. The number of nitrogens with one attached hydrogen (secondary N) is 1. The van der Waals surface area contributed by atoms with Crippen molar-refractivity contribution >= 4 is 40.5 Å². The summed E-state index contributed by atoms with van der Waals surface area (Å²) < 4.78 is 17.3. The Kier molecular flexibility index (Phi) is 8.86. The van der Waals surface area contributed by atoms with Crippen molar-refractivity contribution < 1.29 is 34.0 Å². The van der Waals surface area contributed by atoms with E-state index in [0.717, 1.165) is 0 Å². The zero-order chi connectivity index (χ0) is 24.0. The van der Waals surface area contributed by atoms with E-state index < -0.39 is 42.5 Å². The third-order valence-electron chi connectivity index (χ3n) is 5.17. The number of aliphatic hydroxyl groups excluding tert-OH is 2. The van der Waals surface area contributed by atoms with Crippen molar-refractivity contribution in [3.8, 4) is 0 Å². The minimum absolute atomic E-state index is 0.158. The van der Waals surface area contributed by atoms with Crippen LogP contribution in [-0.2, 0) is 23.8 Å². The van der Waals surface area contributed by atoms with E-state index in [1.54, 1.807) is 23.8 Å². The zero-order valence-corrected chi connectivity index (χ0v) is 19.2. The second kappa shape index (κ2) is 11.6. The second-order valence-electron chi connectivity index (χ2n) is 7.43. The van der Waals surface area contributed by atoms with E-state index in [1.807, 2.05) is 0 Å². The molecule has 3 heterocycles. The molecule has 0 bridgehead atoms. The highest BCUT2D eigenvalue weighted by Gasteiger charge is 2.44. The summed E-state index contributed by atoms with van der Waals surface area (Å²) in [4.78, 5) is 32.1. The van der Waals surface area contributed by atoms with Crippen LogP contribution in [0.1, 0.15) is 19.6 Å². The quantitative estimate of drug-likeness (QED) is 0.239. The van der Waals surface area contributed by atoms with Gasteiger partial charge in [-0.15, -0.1) is 0 Å². The number of aliphatic hydroxyl groups is 2. The van der Waals surface area contributed by atoms with Gasteiger partial charge < -0.3 is 40.0 Å². The van der Waals surface area contributed by atoms with Crippen LogP contribution in [-0.4, -0.2) is 92.8 Å². The predicted molar refractivity (Wildman–Crippen MR) is 120 cm³/mol. The number of anilines is 1. The number of nitrogens with two attached hydrogens (primary N) is 1. The molecule has 3 rings (SSSR count). The Morgan fingerprint density at radius 2 is 2.15 bits per heavy atom. The molecule has 5 unspecified atom stereocenters. The topological polar surface area (TPSA) is 171 Å². The fraction of sp³-hybridized carbons (Fsp3) is 0.600. The molecule has 1 fully saturated rings. The maximum Gasteiger partial charge on any atom is 0.328 e. The van der Waals surface area contributed by atoms with Crippen LogP contribution in [0.2, 0.25) is 0 Å². The molecule has 1 saturated heterocycles. The van der Waals surface area contributed by atoms with E-state index in [-0.39, 0.29) is 13.2 Å². The first-order chi connectivity index (χ1) is 15.9. The molecule has 0 saturated carbocycles. The molecule has 5 N–H and O–H groups in total. The first kappa shape index (κ1) is 25.2. The van der Waals surface area contributed by atoms with Gasteiger partial charge in [0.25, 0.3) is 0 Å². The van der Waals surface area contributed by atoms with Gasteiger partial charge in [0.1, 0.15) is 42.6 Å². The third-order valence-corrected chi connectivity index (χ3v) is 6.25. The number of amides is 1. The number of nitrogens with zero attached hydrogens (tertiary/aromatic N) is 3. The number of hydrogen-bond acceptors (Lipinski definition) is 11. The van der Waals surface area contributed by atoms with Crippen LogP contribution in [0.5, 0.6) is 0 Å². The van der Waals surface area contributed by atoms with Gasteiger partial charge in [0.05, 0.1) is 18.1 Å². The standard InChI is InChI=1S/C20H29N5O7S/c1-3-31-20(29)12(24-14(26)8-30-2)5-7-33-9-13-15(27)16(28)19(32-13)25-6-4-11-17(21)22-10-23-18(11)25/h4,6,10,12-13,15-16,19,27-28H,3,5,7-9H2,1-2H3,(H,24,26)(H2,21,22,23). The fourth-order valence-corrected chi connectivity index (χ4v) is 4.63. The Balaban J connectivity index is 1.56. The lowest BCUT2D eigenvalue weighted by Gasteiger charge is -2.18. The van der Waals surface area contributed by atoms with Gasteiger partial charge >= 0.3 is 5.97 Å². The molecule has 0 aromatic carbocycles. The summed E-state index contributed by atoms with van der Waals surface area (Å²) in [5.41, 5.74) is 6.36. The molecule has 0 radical (unpaired) electrons. The molecule has 33 heavy (non-hydrogen) atoms. The van der Waals surface area contributed by atoms with Crippen molar-refractivity contribution in [1.29, 1.82) is 0 Å². The average Bonchev–Trinajstić information content (AvgIpc) is 3.33. The second-order valence-corrected chi connectivity index (χ2v) is 8.58. The third kappa shape index (κ3) is 5.92. The number of esters is 1. The molecule has 2 aromatic rings. The maximum absolute atomic E-state index is 12.1. The first-order valence-electron chi connectivity index (χ1n) is 10.5. The number of rotatable bonds is 11. The van der Waals surface area contributed by atoms with Crippen LogP contribution < -0.4 is 11.1 Å². The summed E-state index contributed by atoms with van der Waals surface area (Å²) in [5.74, 6) is 0.237. The summed E-state index contributed by atoms with van der Waals surface area (Å²) >= 11 is 1.42. The van der Waals surface area contributed by atoms with Crippen LogP contribution in [0.25, 0.3) is 11.0 Å². The largest absolute Gasteiger partial charge is 0.464 e. The van der Waals surface area contributed by atoms with Gasteiger partial charge in [-0.1, -0.05) is 0 Å². The van der Waals surface area contributed by atoms with Gasteiger partial charge in [-0.05, 0) is 25.2 Å². The molecule has 182 valence electrons. The van der Waals surface area contributed by atoms with Gasteiger partial charge in [0.2, 0.25) is 5.91 Å². The number of methoxy groups -OCH3 is 1. The van der Waals surface area contributed by atoms with Crippen LogP contribution in [0.3, 0.4) is 0 Å². The van der Waals surface area contributed by atoms with Crippen molar-refractivity contribution in [2.24, 2.45) is 0 Å². The number of carbonyl (C=O) groups excluding carboxylic acids is 2. The molecule has 0 spiro atoms. The lowest BCUT2D eigenvalue weighted by Crippen LogP contribution is -2.43. The minimum Gasteiger partial charge on any atom is -0.464 e. The van der Waals surface area contributed by atoms with E-state index in [1.165, 1.54) is 25.2 Å². The van der Waals surface area contributed by atoms with Crippen LogP contribution in [0, 0.1) is 0 Å². The van der Waals surface area contributed by atoms with E-state index in [4.69, 9.17) is 19.9 Å². The predicted octanol–water partition coefficient (Wildman–Crippen LogP) is -0.550. The first-order valence-corrected chi connectivity index (χ1v) is 11.6. The van der Waals surface area contributed by atoms with E-state index in [2.05, 4.69) is 15.3 Å². The lowest BCUT2D eigenvalue weighted by atomic mass is 10.1. The number of aromatic nitrogens is 3. The number of fused-ring (bicyclic) bond motifs is 1. The van der Waals surface area contributed by atoms with Gasteiger partial charge in [-0.2, -0.15) is 11.8 Å². The Bertz CT molecular complexity index is 958. The highest BCUT2D eigenvalue weighted by molar-refractivity contribution is 7.99. The van der Waals surface area contributed by atoms with Crippen LogP contribution in [0.4, 0.5) is 5.82 Å². The highest BCUT2D eigenvalue weighted by Crippen LogP contribution is 2.34. The molecular weight excluding hydrogens is 454 g/mol. The highest BCUT2D eigenvalue weighted by atomic mass is 32.2. The summed E-state index contributed by atoms with van der Waals surface area (Å²) in [6, 6.07) is 0.923. The van der Waals surface area contributed by atoms with Crippen LogP contribution in [0.15, 0.2) is 18.6 Å². The van der Waals surface area contributed by atoms with Gasteiger partial charge in [-0.3, -0.25) is 4.79 Å². The average molecular weight is 484 g/mol. The lowest BCUT2D eigenvalue weighted by molar-refractivity contribution is -0.147. The smallest absolute Gasteiger partial charge is 0.328 e. The summed E-state index contributed by atoms with van der Waals surface area (Å²) in [7, 11) is 1.39. The van der Waals surface area contributed by atoms with Crippen molar-refractivity contribution in [3.63, 3.8) is 0 Å². The van der Waals surface area contributed by atoms with Crippen molar-refractivity contribution in [2.45, 2.75) is 43.9 Å². The van der Waals surface area contributed by atoms with Crippen molar-refractivity contribution in [3.05, 3.63) is 18.6 Å². The normalized spacial score (nSPS) is 23.5. The number of thioether (sulfide) groups is 1. The van der Waals surface area contributed by atoms with Crippen molar-refractivity contribution in [2.75, 3.05) is 37.6 Å². The van der Waals surface area contributed by atoms with E-state index in [9.17, 15) is 19.8 Å². The monoisotopic (exact) mass is 483 g/mol. The molecular formula is C20H29N5O7S. The van der Waals surface area contributed by atoms with Crippen molar-refractivity contribution in [1.82, 2.24) is 19.9 Å². The summed E-state index contributed by atoms with van der Waals surface area (Å²) in [6.07, 6.45) is -0.423. The summed E-state index contributed by atoms with van der Waals surface area (Å²) in [6.45, 7) is 1.74. The summed E-state index contributed by atoms with van der Waals surface area (Å²) in [5, 5.41) is 24.3. The molecule has 0 aliphatic carbocycles. The fourth-order valence-electron chi connectivity index (χ4n) is 3.55. The zero-order valence-electron chi connectivity index (χ0n) is 18.4. The SMILES string of the molecule is CCOC(=O)C(CCSCC1OC(n2ccc3c(N)ncnc32)C(O)C1O)NC(=O)COC. The number of nitrogen functional groups attached to an aromatic ring is 1. The number of ether oxygens (including phenoxy) is 3. The maximum atomic E-state index is 12.1. The van der Waals surface area contributed by atoms with Gasteiger partial charge in [0.15, 0.2) is 6.23 Å². The minimum atomic E-state index is -1.16. The molecule has 12 nitrogen and oxygen atoms in total. The van der Waals surface area contributed by atoms with Gasteiger partial charge in [0, 0.05) is 19.1 Å². The molecule has 1 aliphatic rings. The molecule has 1 aliphatic heterocycles. The molecule has 5 atom stereocenters. The Morgan fingerprint density at radius 1 is 1.36 bits per heavy atom. The Morgan fingerprint density at radius 3 is 2.88 bits per heavy atom. The molecule has 1 amide bonds. The van der Waals surface area contributed by atoms with Gasteiger partial charge in [-0.25, -0.2) is 14.8 Å². The molecule has 13 heteroatoms. The Hall–Kier alpha value is -2.45. The van der Waals surface area contributed by atoms with Crippen LogP contribution >= 0.6 is 11.8 Å². The molecule has 2 aromatic heterocycles. The van der Waals surface area contributed by atoms with E-state index >= 15 is 0 Å². The Labute approximate surface area is 194 Å². The number of hydrogen-bond donors (Lipinski definition) is 4.